The molecule has 4 nitrogen and oxygen atoms in total. The van der Waals surface area contributed by atoms with Crippen molar-refractivity contribution >= 4 is 32.8 Å². The highest BCUT2D eigenvalue weighted by atomic mass is 79.9. The van der Waals surface area contributed by atoms with Crippen LogP contribution in [0.25, 0.3) is 0 Å². The molecule has 0 bridgehead atoms. The summed E-state index contributed by atoms with van der Waals surface area (Å²) < 4.78 is 6.44. The van der Waals surface area contributed by atoms with E-state index in [1.54, 1.807) is 12.1 Å². The molecular weight excluding hydrogens is 364 g/mol. The molecular formula is C16H11BrN2O2S. The van der Waals surface area contributed by atoms with Crippen LogP contribution < -0.4 is 0 Å². The van der Waals surface area contributed by atoms with Gasteiger partial charge in [-0.1, -0.05) is 46.3 Å². The highest BCUT2D eigenvalue weighted by Gasteiger charge is 2.14. The normalized spacial score (nSPS) is 10.6. The summed E-state index contributed by atoms with van der Waals surface area (Å²) in [6.45, 7) is 0. The molecule has 0 amide bonds. The Labute approximate surface area is 140 Å². The average molecular weight is 375 g/mol. The number of carbonyl (C=O) groups excluding carboxylic acids is 1. The van der Waals surface area contributed by atoms with Crippen LogP contribution in [0.15, 0.2) is 68.7 Å². The van der Waals surface area contributed by atoms with Gasteiger partial charge in [-0.05, 0) is 29.8 Å². The third-order valence-corrected chi connectivity index (χ3v) is 4.20. The molecule has 0 radical (unpaired) electrons. The molecule has 22 heavy (non-hydrogen) atoms. The van der Waals surface area contributed by atoms with E-state index >= 15 is 0 Å². The number of rotatable bonds is 4. The van der Waals surface area contributed by atoms with E-state index in [1.165, 1.54) is 0 Å². The van der Waals surface area contributed by atoms with Crippen LogP contribution in [0, 0.1) is 0 Å². The van der Waals surface area contributed by atoms with Crippen molar-refractivity contribution in [2.45, 2.75) is 11.6 Å². The van der Waals surface area contributed by atoms with Crippen LogP contribution in [-0.4, -0.2) is 15.3 Å². The summed E-state index contributed by atoms with van der Waals surface area (Å²) in [7, 11) is 0. The van der Waals surface area contributed by atoms with E-state index in [9.17, 15) is 4.79 Å². The van der Waals surface area contributed by atoms with Gasteiger partial charge in [0.1, 0.15) is 0 Å². The number of hydrogen-bond donors (Lipinski definition) is 0. The highest BCUT2D eigenvalue weighted by Crippen LogP contribution is 2.23. The number of nitrogens with zero attached hydrogens (tertiary/aromatic N) is 2. The molecule has 1 aromatic heterocycles. The lowest BCUT2D eigenvalue weighted by Crippen LogP contribution is -1.92. The van der Waals surface area contributed by atoms with Gasteiger partial charge < -0.3 is 4.42 Å². The number of halogens is 1. The molecule has 3 rings (SSSR count). The zero-order chi connectivity index (χ0) is 15.4. The molecule has 3 aromatic rings. The average Bonchev–Trinajstić information content (AvgIpc) is 2.96. The minimum atomic E-state index is -0.123. The van der Waals surface area contributed by atoms with Crippen molar-refractivity contribution in [1.82, 2.24) is 10.2 Å². The van der Waals surface area contributed by atoms with E-state index in [-0.39, 0.29) is 10.3 Å². The predicted octanol–water partition coefficient (Wildman–Crippen LogP) is 4.36. The maximum atomic E-state index is 12.1. The van der Waals surface area contributed by atoms with Crippen LogP contribution in [0.4, 0.5) is 0 Å². The first-order chi connectivity index (χ1) is 10.7. The fourth-order valence-corrected chi connectivity index (χ4v) is 2.74. The van der Waals surface area contributed by atoms with Crippen LogP contribution in [0.5, 0.6) is 0 Å². The van der Waals surface area contributed by atoms with E-state index in [1.807, 2.05) is 42.5 Å². The minimum absolute atomic E-state index is 0.123. The molecule has 0 N–H and O–H groups in total. The molecule has 6 heteroatoms. The Bertz CT molecular complexity index is 772. The second kappa shape index (κ2) is 6.89. The fraction of sp³-hybridized carbons (Fsp3) is 0.0625. The molecule has 0 unspecified atom stereocenters. The van der Waals surface area contributed by atoms with Gasteiger partial charge in [0.15, 0.2) is 0 Å². The monoisotopic (exact) mass is 374 g/mol. The van der Waals surface area contributed by atoms with Gasteiger partial charge >= 0.3 is 0 Å². The third kappa shape index (κ3) is 3.84. The van der Waals surface area contributed by atoms with E-state index in [0.29, 0.717) is 17.9 Å². The van der Waals surface area contributed by atoms with Crippen LogP contribution in [0.1, 0.15) is 21.8 Å². The lowest BCUT2D eigenvalue weighted by molar-refractivity contribution is 0.108. The Morgan fingerprint density at radius 3 is 2.50 bits per heavy atom. The SMILES string of the molecule is O=C(Sc1nnc(Cc2ccccc2)o1)c1ccc(Br)cc1. The standard InChI is InChI=1S/C16H11BrN2O2S/c17-13-8-6-12(7-9-13)15(20)22-16-19-18-14(21-16)10-11-4-2-1-3-5-11/h1-9H,10H2. The topological polar surface area (TPSA) is 56.0 Å². The Balaban J connectivity index is 1.66. The quantitative estimate of drug-likeness (QED) is 0.635. The molecule has 0 spiro atoms. The van der Waals surface area contributed by atoms with Crippen molar-refractivity contribution < 1.29 is 9.21 Å². The van der Waals surface area contributed by atoms with Crippen molar-refractivity contribution in [2.75, 3.05) is 0 Å². The molecule has 0 saturated heterocycles. The van der Waals surface area contributed by atoms with Crippen molar-refractivity contribution in [2.24, 2.45) is 0 Å². The van der Waals surface area contributed by atoms with Gasteiger partial charge in [0.2, 0.25) is 11.0 Å². The van der Waals surface area contributed by atoms with Gasteiger partial charge in [0, 0.05) is 21.8 Å². The lowest BCUT2D eigenvalue weighted by Gasteiger charge is -1.97. The summed E-state index contributed by atoms with van der Waals surface area (Å²) in [4.78, 5) is 12.1. The molecule has 0 atom stereocenters. The molecule has 110 valence electrons. The lowest BCUT2D eigenvalue weighted by atomic mass is 10.2. The number of aromatic nitrogens is 2. The molecule has 0 saturated carbocycles. The number of hydrogen-bond acceptors (Lipinski definition) is 5. The van der Waals surface area contributed by atoms with Gasteiger partial charge in [-0.3, -0.25) is 4.79 Å². The van der Waals surface area contributed by atoms with E-state index in [0.717, 1.165) is 21.8 Å². The first-order valence-corrected chi connectivity index (χ1v) is 8.16. The van der Waals surface area contributed by atoms with Gasteiger partial charge in [0.25, 0.3) is 5.22 Å². The minimum Gasteiger partial charge on any atom is -0.415 e. The van der Waals surface area contributed by atoms with Crippen molar-refractivity contribution in [1.29, 1.82) is 0 Å². The summed E-state index contributed by atoms with van der Waals surface area (Å²) in [6.07, 6.45) is 0.556. The van der Waals surface area contributed by atoms with Gasteiger partial charge in [-0.2, -0.15) is 0 Å². The summed E-state index contributed by atoms with van der Waals surface area (Å²) >= 11 is 4.28. The Hall–Kier alpha value is -1.92. The first kappa shape index (κ1) is 15.0. The Kier molecular flexibility index (Phi) is 4.70. The van der Waals surface area contributed by atoms with Crippen LogP contribution in [-0.2, 0) is 6.42 Å². The van der Waals surface area contributed by atoms with Gasteiger partial charge in [-0.25, -0.2) is 0 Å². The van der Waals surface area contributed by atoms with E-state index in [2.05, 4.69) is 26.1 Å². The van der Waals surface area contributed by atoms with Crippen molar-refractivity contribution in [3.05, 3.63) is 76.1 Å². The molecule has 0 aliphatic heterocycles. The number of benzene rings is 2. The Morgan fingerprint density at radius 2 is 1.77 bits per heavy atom. The molecule has 2 aromatic carbocycles. The van der Waals surface area contributed by atoms with Crippen LogP contribution in [0.3, 0.4) is 0 Å². The maximum Gasteiger partial charge on any atom is 0.284 e. The largest absolute Gasteiger partial charge is 0.415 e. The van der Waals surface area contributed by atoms with Crippen LogP contribution in [0.2, 0.25) is 0 Å². The molecule has 0 aliphatic rings. The molecule has 1 heterocycles. The van der Waals surface area contributed by atoms with Gasteiger partial charge in [0.05, 0.1) is 6.42 Å². The van der Waals surface area contributed by atoms with Crippen molar-refractivity contribution in [3.63, 3.8) is 0 Å². The number of carbonyl (C=O) groups is 1. The maximum absolute atomic E-state index is 12.1. The van der Waals surface area contributed by atoms with Gasteiger partial charge in [-0.15, -0.1) is 10.2 Å². The molecule has 0 aliphatic carbocycles. The Morgan fingerprint density at radius 1 is 1.05 bits per heavy atom. The van der Waals surface area contributed by atoms with Crippen molar-refractivity contribution in [3.8, 4) is 0 Å². The summed E-state index contributed by atoms with van der Waals surface area (Å²) in [5.74, 6) is 0.498. The zero-order valence-electron chi connectivity index (χ0n) is 11.4. The summed E-state index contributed by atoms with van der Waals surface area (Å²) in [5.41, 5.74) is 1.68. The first-order valence-electron chi connectivity index (χ1n) is 6.55. The highest BCUT2D eigenvalue weighted by molar-refractivity contribution is 9.10. The third-order valence-electron chi connectivity index (χ3n) is 2.91. The molecule has 0 fully saturated rings. The summed E-state index contributed by atoms with van der Waals surface area (Å²) in [5, 5.41) is 8.03. The van der Waals surface area contributed by atoms with Crippen LogP contribution >= 0.6 is 27.7 Å². The summed E-state index contributed by atoms with van der Waals surface area (Å²) in [6, 6.07) is 17.0. The van der Waals surface area contributed by atoms with E-state index < -0.39 is 0 Å². The smallest absolute Gasteiger partial charge is 0.284 e. The number of thioether (sulfide) groups is 1. The zero-order valence-corrected chi connectivity index (χ0v) is 13.8. The predicted molar refractivity (Wildman–Crippen MR) is 87.9 cm³/mol. The van der Waals surface area contributed by atoms with E-state index in [4.69, 9.17) is 4.42 Å². The fourth-order valence-electron chi connectivity index (χ4n) is 1.85. The second-order valence-corrected chi connectivity index (χ2v) is 6.36. The second-order valence-electron chi connectivity index (χ2n) is 4.52.